The van der Waals surface area contributed by atoms with Gasteiger partial charge in [-0.2, -0.15) is 0 Å². The van der Waals surface area contributed by atoms with E-state index in [4.69, 9.17) is 27.6 Å². The van der Waals surface area contributed by atoms with Gasteiger partial charge in [0.15, 0.2) is 0 Å². The maximum absolute atomic E-state index is 6.28. The fourth-order valence-corrected chi connectivity index (χ4v) is 3.42. The minimum absolute atomic E-state index is 0.114. The zero-order valence-corrected chi connectivity index (χ0v) is 13.6. The van der Waals surface area contributed by atoms with E-state index in [0.29, 0.717) is 5.02 Å². The van der Waals surface area contributed by atoms with Gasteiger partial charge in [-0.05, 0) is 48.9 Å². The Labute approximate surface area is 137 Å². The molecule has 0 spiro atoms. The molecule has 0 aliphatic carbocycles. The molecule has 0 radical (unpaired) electrons. The second kappa shape index (κ2) is 6.14. The number of nitrogens with one attached hydrogen (secondary N) is 1. The first kappa shape index (κ1) is 14.5. The van der Waals surface area contributed by atoms with Crippen molar-refractivity contribution >= 4 is 40.2 Å². The van der Waals surface area contributed by atoms with Crippen LogP contribution in [0.3, 0.4) is 0 Å². The summed E-state index contributed by atoms with van der Waals surface area (Å²) in [5.41, 5.74) is 2.02. The van der Waals surface area contributed by atoms with E-state index in [1.165, 1.54) is 11.3 Å². The van der Waals surface area contributed by atoms with E-state index in [2.05, 4.69) is 5.32 Å². The second-order valence-electron chi connectivity index (χ2n) is 4.72. The molecule has 1 N–H and O–H groups in total. The number of aryl methyl sites for hydroxylation is 1. The summed E-state index contributed by atoms with van der Waals surface area (Å²) >= 11 is 13.9. The van der Waals surface area contributed by atoms with Crippen LogP contribution in [0.2, 0.25) is 9.36 Å². The fourth-order valence-electron chi connectivity index (χ4n) is 2.13. The van der Waals surface area contributed by atoms with Gasteiger partial charge in [-0.1, -0.05) is 29.3 Å². The van der Waals surface area contributed by atoms with Gasteiger partial charge >= 0.3 is 0 Å². The van der Waals surface area contributed by atoms with Crippen LogP contribution in [0.25, 0.3) is 0 Å². The lowest BCUT2D eigenvalue weighted by Gasteiger charge is -2.18. The zero-order valence-electron chi connectivity index (χ0n) is 11.3. The first-order valence-electron chi connectivity index (χ1n) is 6.45. The van der Waals surface area contributed by atoms with Crippen molar-refractivity contribution in [3.05, 3.63) is 74.3 Å². The van der Waals surface area contributed by atoms with Crippen LogP contribution in [0.1, 0.15) is 22.2 Å². The first-order chi connectivity index (χ1) is 10.1. The van der Waals surface area contributed by atoms with Crippen LogP contribution in [0, 0.1) is 6.92 Å². The van der Waals surface area contributed by atoms with Crippen LogP contribution in [-0.2, 0) is 0 Å². The van der Waals surface area contributed by atoms with E-state index in [9.17, 15) is 0 Å². The fraction of sp³-hybridized carbons (Fsp3) is 0.125. The molecule has 108 valence electrons. The molecular weight excluding hydrogens is 325 g/mol. The molecule has 0 aliphatic rings. The van der Waals surface area contributed by atoms with Crippen LogP contribution >= 0.6 is 34.5 Å². The number of thiophene rings is 1. The molecule has 0 aliphatic heterocycles. The van der Waals surface area contributed by atoms with Gasteiger partial charge in [0.25, 0.3) is 0 Å². The molecule has 3 rings (SSSR count). The monoisotopic (exact) mass is 337 g/mol. The van der Waals surface area contributed by atoms with Gasteiger partial charge in [-0.3, -0.25) is 0 Å². The van der Waals surface area contributed by atoms with E-state index < -0.39 is 0 Å². The predicted octanol–water partition coefficient (Wildman–Crippen LogP) is 6.16. The third-order valence-corrected chi connectivity index (χ3v) is 4.75. The lowest BCUT2D eigenvalue weighted by molar-refractivity contribution is 0.501. The molecule has 1 unspecified atom stereocenters. The number of halogens is 2. The summed E-state index contributed by atoms with van der Waals surface area (Å²) in [5, 5.41) is 4.13. The smallest absolute Gasteiger partial charge is 0.131 e. The summed E-state index contributed by atoms with van der Waals surface area (Å²) in [6, 6.07) is 13.5. The third-order valence-electron chi connectivity index (χ3n) is 3.13. The molecule has 3 aromatic rings. The molecule has 0 fully saturated rings. The normalized spacial score (nSPS) is 12.3. The van der Waals surface area contributed by atoms with Crippen LogP contribution in [0.15, 0.2) is 53.1 Å². The lowest BCUT2D eigenvalue weighted by Crippen LogP contribution is -2.10. The van der Waals surface area contributed by atoms with Gasteiger partial charge in [-0.15, -0.1) is 11.3 Å². The Hall–Kier alpha value is -1.42. The van der Waals surface area contributed by atoms with E-state index >= 15 is 0 Å². The van der Waals surface area contributed by atoms with Crippen LogP contribution in [0.5, 0.6) is 0 Å². The van der Waals surface area contributed by atoms with Crippen LogP contribution < -0.4 is 5.32 Å². The Morgan fingerprint density at radius 1 is 1.14 bits per heavy atom. The van der Waals surface area contributed by atoms with Crippen molar-refractivity contribution in [2.24, 2.45) is 0 Å². The van der Waals surface area contributed by atoms with E-state index in [1.54, 1.807) is 6.26 Å². The second-order valence-corrected chi connectivity index (χ2v) is 6.87. The molecule has 2 aromatic heterocycles. The highest BCUT2D eigenvalue weighted by molar-refractivity contribution is 7.16. The highest BCUT2D eigenvalue weighted by atomic mass is 35.5. The summed E-state index contributed by atoms with van der Waals surface area (Å²) in [5.74, 6) is 0.825. The lowest BCUT2D eigenvalue weighted by atomic mass is 10.1. The number of hydrogen-bond acceptors (Lipinski definition) is 3. The van der Waals surface area contributed by atoms with Crippen molar-refractivity contribution in [3.63, 3.8) is 0 Å². The minimum atomic E-state index is -0.114. The summed E-state index contributed by atoms with van der Waals surface area (Å²) < 4.78 is 6.31. The molecule has 21 heavy (non-hydrogen) atoms. The van der Waals surface area contributed by atoms with Gasteiger partial charge in [0.2, 0.25) is 0 Å². The summed E-state index contributed by atoms with van der Waals surface area (Å²) in [7, 11) is 0. The molecule has 2 heterocycles. The molecule has 1 aromatic carbocycles. The summed E-state index contributed by atoms with van der Waals surface area (Å²) in [4.78, 5) is 1.08. The topological polar surface area (TPSA) is 25.2 Å². The zero-order chi connectivity index (χ0) is 14.8. The van der Waals surface area contributed by atoms with Crippen LogP contribution in [-0.4, -0.2) is 0 Å². The Bertz CT molecular complexity index is 737. The van der Waals surface area contributed by atoms with E-state index in [1.807, 2.05) is 49.4 Å². The van der Waals surface area contributed by atoms with E-state index in [-0.39, 0.29) is 6.04 Å². The molecule has 2 nitrogen and oxygen atoms in total. The Kier molecular flexibility index (Phi) is 4.24. The average molecular weight is 338 g/mol. The summed E-state index contributed by atoms with van der Waals surface area (Å²) in [6.07, 6.45) is 1.66. The Morgan fingerprint density at radius 3 is 2.67 bits per heavy atom. The van der Waals surface area contributed by atoms with Crippen molar-refractivity contribution in [2.45, 2.75) is 13.0 Å². The number of furan rings is 1. The third kappa shape index (κ3) is 3.26. The number of benzene rings is 1. The highest BCUT2D eigenvalue weighted by Gasteiger charge is 2.20. The SMILES string of the molecule is Cc1ccc(Cl)c(NC(c2ccco2)c2ccc(Cl)s2)c1. The highest BCUT2D eigenvalue weighted by Crippen LogP contribution is 2.35. The molecule has 0 bridgehead atoms. The molecular formula is C16H13Cl2NOS. The van der Waals surface area contributed by atoms with Gasteiger partial charge in [0.1, 0.15) is 11.8 Å². The van der Waals surface area contributed by atoms with Crippen LogP contribution in [0.4, 0.5) is 5.69 Å². The van der Waals surface area contributed by atoms with E-state index in [0.717, 1.165) is 26.2 Å². The summed E-state index contributed by atoms with van der Waals surface area (Å²) in [6.45, 7) is 2.03. The molecule has 0 saturated carbocycles. The number of anilines is 1. The van der Waals surface area contributed by atoms with Gasteiger partial charge in [0.05, 0.1) is 21.3 Å². The molecule has 0 amide bonds. The first-order valence-corrected chi connectivity index (χ1v) is 8.02. The van der Waals surface area contributed by atoms with Gasteiger partial charge in [0, 0.05) is 4.88 Å². The minimum Gasteiger partial charge on any atom is -0.467 e. The number of hydrogen-bond donors (Lipinski definition) is 1. The Morgan fingerprint density at radius 2 is 2.00 bits per heavy atom. The van der Waals surface area contributed by atoms with Gasteiger partial charge in [-0.25, -0.2) is 0 Å². The maximum Gasteiger partial charge on any atom is 0.131 e. The standard InChI is InChI=1S/C16H13Cl2NOS/c1-10-4-5-11(17)12(9-10)19-16(13-3-2-8-20-13)14-6-7-15(18)21-14/h2-9,16,19H,1H3. The molecule has 0 saturated heterocycles. The van der Waals surface area contributed by atoms with Crippen molar-refractivity contribution in [1.29, 1.82) is 0 Å². The quantitative estimate of drug-likeness (QED) is 0.616. The van der Waals surface area contributed by atoms with Gasteiger partial charge < -0.3 is 9.73 Å². The maximum atomic E-state index is 6.28. The Balaban J connectivity index is 1.98. The molecule has 1 atom stereocenters. The molecule has 5 heteroatoms. The van der Waals surface area contributed by atoms with Crippen molar-refractivity contribution < 1.29 is 4.42 Å². The van der Waals surface area contributed by atoms with Crippen molar-refractivity contribution in [1.82, 2.24) is 0 Å². The predicted molar refractivity (Wildman–Crippen MR) is 89.7 cm³/mol. The number of rotatable bonds is 4. The van der Waals surface area contributed by atoms with Crippen molar-refractivity contribution in [2.75, 3.05) is 5.32 Å². The average Bonchev–Trinajstić information content (AvgIpc) is 3.11. The largest absolute Gasteiger partial charge is 0.467 e. The van der Waals surface area contributed by atoms with Crippen molar-refractivity contribution in [3.8, 4) is 0 Å².